The lowest BCUT2D eigenvalue weighted by molar-refractivity contribution is 0.0788. The molecule has 7 nitrogen and oxygen atoms in total. The van der Waals surface area contributed by atoms with Gasteiger partial charge in [0.2, 0.25) is 5.88 Å². The molecule has 2 aromatic carbocycles. The number of ether oxygens (including phenoxy) is 2. The molecule has 1 aromatic heterocycles. The molecule has 0 bridgehead atoms. The molecule has 2 heterocycles. The molecule has 1 fully saturated rings. The highest BCUT2D eigenvalue weighted by molar-refractivity contribution is 5.74. The number of nitrogens with one attached hydrogen (secondary N) is 1. The monoisotopic (exact) mass is 480 g/mol. The van der Waals surface area contributed by atoms with Gasteiger partial charge in [-0.3, -0.25) is 0 Å². The van der Waals surface area contributed by atoms with Gasteiger partial charge in [-0.2, -0.15) is 5.10 Å². The minimum absolute atomic E-state index is 0.00445. The maximum Gasteiger partial charge on any atom is 0.317 e. The molecule has 0 radical (unpaired) electrons. The number of urea groups is 1. The van der Waals surface area contributed by atoms with Crippen LogP contribution in [0.5, 0.6) is 11.6 Å². The molecule has 1 aliphatic heterocycles. The summed E-state index contributed by atoms with van der Waals surface area (Å²) in [5.41, 5.74) is 2.42. The number of para-hydroxylation sites is 1. The smallest absolute Gasteiger partial charge is 0.317 e. The summed E-state index contributed by atoms with van der Waals surface area (Å²) in [6.07, 6.45) is 2.55. The predicted octanol–water partition coefficient (Wildman–Crippen LogP) is 5.47. The van der Waals surface area contributed by atoms with Gasteiger partial charge in [-0.05, 0) is 57.4 Å². The van der Waals surface area contributed by atoms with Gasteiger partial charge in [0.25, 0.3) is 0 Å². The fourth-order valence-electron chi connectivity index (χ4n) is 4.19. The number of amides is 2. The van der Waals surface area contributed by atoms with Crippen molar-refractivity contribution in [1.29, 1.82) is 0 Å². The number of benzene rings is 2. The molecule has 8 heteroatoms. The molecule has 4 rings (SSSR count). The zero-order valence-electron chi connectivity index (χ0n) is 20.5. The van der Waals surface area contributed by atoms with E-state index in [1.165, 1.54) is 12.1 Å². The van der Waals surface area contributed by atoms with Gasteiger partial charge in [0.05, 0.1) is 29.6 Å². The maximum absolute atomic E-state index is 14.0. The van der Waals surface area contributed by atoms with Crippen molar-refractivity contribution in [2.24, 2.45) is 0 Å². The van der Waals surface area contributed by atoms with Crippen LogP contribution in [0.15, 0.2) is 54.6 Å². The molecule has 0 unspecified atom stereocenters. The largest absolute Gasteiger partial charge is 0.438 e. The number of rotatable bonds is 9. The Morgan fingerprint density at radius 1 is 1.26 bits per heavy atom. The van der Waals surface area contributed by atoms with Gasteiger partial charge in [-0.1, -0.05) is 31.2 Å². The highest BCUT2D eigenvalue weighted by Crippen LogP contribution is 2.33. The van der Waals surface area contributed by atoms with E-state index in [1.807, 2.05) is 51.1 Å². The SMILES string of the molecule is CCc1nn(-c2ccccc2)c(Oc2cccc(F)c2)c1CN(C[C@H]1CCCO1)C(=O)NC(C)C. The van der Waals surface area contributed by atoms with Crippen LogP contribution in [0.2, 0.25) is 0 Å². The van der Waals surface area contributed by atoms with Gasteiger partial charge in [0.15, 0.2) is 0 Å². The van der Waals surface area contributed by atoms with E-state index < -0.39 is 0 Å². The average Bonchev–Trinajstić information content (AvgIpc) is 3.47. The van der Waals surface area contributed by atoms with E-state index in [1.54, 1.807) is 21.7 Å². The predicted molar refractivity (Wildman–Crippen MR) is 132 cm³/mol. The molecule has 1 saturated heterocycles. The standard InChI is InChI=1S/C27H33FN4O3/c1-4-25-24(18-31(27(33)29-19(2)3)17-23-14-9-15-34-23)26(35-22-13-8-10-20(28)16-22)32(30-25)21-11-6-5-7-12-21/h5-8,10-13,16,19,23H,4,9,14-15,17-18H2,1-3H3,(H,29,33)/t23-/m1/s1. The Labute approximate surface area is 205 Å². The number of hydrogen-bond acceptors (Lipinski definition) is 4. The van der Waals surface area contributed by atoms with Gasteiger partial charge < -0.3 is 19.7 Å². The fraction of sp³-hybridized carbons (Fsp3) is 0.407. The van der Waals surface area contributed by atoms with E-state index in [9.17, 15) is 9.18 Å². The van der Waals surface area contributed by atoms with E-state index in [0.29, 0.717) is 37.7 Å². The number of hydrogen-bond donors (Lipinski definition) is 1. The molecule has 1 N–H and O–H groups in total. The van der Waals surface area contributed by atoms with Gasteiger partial charge in [0, 0.05) is 25.3 Å². The highest BCUT2D eigenvalue weighted by Gasteiger charge is 2.28. The van der Waals surface area contributed by atoms with Crippen LogP contribution >= 0.6 is 0 Å². The summed E-state index contributed by atoms with van der Waals surface area (Å²) >= 11 is 0. The molecule has 1 atom stereocenters. The third-order valence-electron chi connectivity index (χ3n) is 5.86. The zero-order chi connectivity index (χ0) is 24.8. The van der Waals surface area contributed by atoms with Crippen LogP contribution in [-0.4, -0.2) is 46.0 Å². The van der Waals surface area contributed by atoms with E-state index in [-0.39, 0.29) is 24.0 Å². The molecular formula is C27H33FN4O3. The minimum atomic E-state index is -0.387. The Bertz CT molecular complexity index is 1130. The average molecular weight is 481 g/mol. The van der Waals surface area contributed by atoms with Crippen molar-refractivity contribution in [3.8, 4) is 17.3 Å². The topological polar surface area (TPSA) is 68.6 Å². The molecule has 1 aliphatic rings. The van der Waals surface area contributed by atoms with Gasteiger partial charge >= 0.3 is 6.03 Å². The van der Waals surface area contributed by atoms with Gasteiger partial charge in [-0.25, -0.2) is 13.9 Å². The second-order valence-electron chi connectivity index (χ2n) is 9.01. The minimum Gasteiger partial charge on any atom is -0.438 e. The van der Waals surface area contributed by atoms with Crippen LogP contribution in [-0.2, 0) is 17.7 Å². The summed E-state index contributed by atoms with van der Waals surface area (Å²) in [5.74, 6) is 0.443. The summed E-state index contributed by atoms with van der Waals surface area (Å²) < 4.78 is 27.8. The summed E-state index contributed by atoms with van der Waals surface area (Å²) in [7, 11) is 0. The Morgan fingerprint density at radius 2 is 2.06 bits per heavy atom. The fourth-order valence-corrected chi connectivity index (χ4v) is 4.19. The number of halogens is 1. The molecule has 3 aromatic rings. The van der Waals surface area contributed by atoms with Crippen LogP contribution in [0.4, 0.5) is 9.18 Å². The Morgan fingerprint density at radius 3 is 2.71 bits per heavy atom. The Kier molecular flexibility index (Phi) is 8.02. The molecule has 186 valence electrons. The normalized spacial score (nSPS) is 15.4. The molecule has 0 spiro atoms. The van der Waals surface area contributed by atoms with Crippen LogP contribution in [0.3, 0.4) is 0 Å². The summed E-state index contributed by atoms with van der Waals surface area (Å²) in [6.45, 7) is 7.36. The number of nitrogens with zero attached hydrogens (tertiary/aromatic N) is 3. The third-order valence-corrected chi connectivity index (χ3v) is 5.86. The lowest BCUT2D eigenvalue weighted by atomic mass is 10.1. The third kappa shape index (κ3) is 6.19. The molecular weight excluding hydrogens is 447 g/mol. The number of carbonyl (C=O) groups is 1. The first-order valence-electron chi connectivity index (χ1n) is 12.2. The van der Waals surface area contributed by atoms with Gasteiger partial charge in [-0.15, -0.1) is 0 Å². The molecule has 35 heavy (non-hydrogen) atoms. The lowest BCUT2D eigenvalue weighted by Crippen LogP contribution is -2.45. The first kappa shape index (κ1) is 24.7. The van der Waals surface area contributed by atoms with Crippen LogP contribution < -0.4 is 10.1 Å². The van der Waals surface area contributed by atoms with Crippen molar-refractivity contribution in [1.82, 2.24) is 20.0 Å². The number of carbonyl (C=O) groups excluding carboxylic acids is 1. The maximum atomic E-state index is 14.0. The summed E-state index contributed by atoms with van der Waals surface area (Å²) in [6, 6.07) is 15.5. The second kappa shape index (κ2) is 11.4. The zero-order valence-corrected chi connectivity index (χ0v) is 20.5. The summed E-state index contributed by atoms with van der Waals surface area (Å²) in [4.78, 5) is 14.9. The van der Waals surface area contributed by atoms with Crippen molar-refractivity contribution in [2.75, 3.05) is 13.2 Å². The van der Waals surface area contributed by atoms with E-state index in [4.69, 9.17) is 14.6 Å². The lowest BCUT2D eigenvalue weighted by Gasteiger charge is -2.27. The molecule has 0 saturated carbocycles. The van der Waals surface area contributed by atoms with E-state index >= 15 is 0 Å². The first-order valence-corrected chi connectivity index (χ1v) is 12.2. The van der Waals surface area contributed by atoms with E-state index in [0.717, 1.165) is 29.8 Å². The quantitative estimate of drug-likeness (QED) is 0.441. The Hall–Kier alpha value is -3.39. The first-order chi connectivity index (χ1) is 16.9. The Balaban J connectivity index is 1.75. The number of aryl methyl sites for hydroxylation is 1. The van der Waals surface area contributed by atoms with E-state index in [2.05, 4.69) is 5.32 Å². The molecule has 0 aliphatic carbocycles. The van der Waals surface area contributed by atoms with Crippen molar-refractivity contribution < 1.29 is 18.7 Å². The van der Waals surface area contributed by atoms with Crippen molar-refractivity contribution in [3.05, 3.63) is 71.7 Å². The second-order valence-corrected chi connectivity index (χ2v) is 9.01. The number of aromatic nitrogens is 2. The van der Waals surface area contributed by atoms with Crippen LogP contribution in [0.25, 0.3) is 5.69 Å². The summed E-state index contributed by atoms with van der Waals surface area (Å²) in [5, 5.41) is 7.83. The van der Waals surface area contributed by atoms with Gasteiger partial charge in [0.1, 0.15) is 11.6 Å². The highest BCUT2D eigenvalue weighted by atomic mass is 19.1. The van der Waals surface area contributed by atoms with Crippen LogP contribution in [0.1, 0.15) is 44.9 Å². The van der Waals surface area contributed by atoms with Crippen molar-refractivity contribution in [3.63, 3.8) is 0 Å². The van der Waals surface area contributed by atoms with Crippen molar-refractivity contribution in [2.45, 2.75) is 58.7 Å². The van der Waals surface area contributed by atoms with Crippen LogP contribution in [0, 0.1) is 5.82 Å². The molecule has 2 amide bonds. The van der Waals surface area contributed by atoms with Crippen molar-refractivity contribution >= 4 is 6.03 Å².